The summed E-state index contributed by atoms with van der Waals surface area (Å²) in [5.41, 5.74) is 2.64. The maximum atomic E-state index is 15.0. The molecule has 2 aromatic rings. The normalized spacial score (nSPS) is 30.5. The van der Waals surface area contributed by atoms with Crippen LogP contribution in [0.25, 0.3) is 0 Å². The molecule has 0 saturated carbocycles. The van der Waals surface area contributed by atoms with Crippen LogP contribution >= 0.6 is 23.5 Å². The minimum atomic E-state index is -0.840. The lowest BCUT2D eigenvalue weighted by Crippen LogP contribution is -2.59. The fourth-order valence-electron chi connectivity index (χ4n) is 13.0. The number of aryl methyl sites for hydroxylation is 2. The minimum Gasteiger partial charge on any atom is -0.347 e. The van der Waals surface area contributed by atoms with Crippen molar-refractivity contribution in [1.29, 1.82) is 0 Å². The fraction of sp³-hybridized carbons (Fsp3) is 0.643. The maximum Gasteiger partial charge on any atom is 0.246 e. The van der Waals surface area contributed by atoms with E-state index in [2.05, 4.69) is 31.9 Å². The summed E-state index contributed by atoms with van der Waals surface area (Å²) in [6.45, 7) is 12.6. The number of thioether (sulfide) groups is 2. The molecule has 9 rings (SSSR count). The predicted molar refractivity (Wildman–Crippen MR) is 292 cm³/mol. The predicted octanol–water partition coefficient (Wildman–Crippen LogP) is 2.86. The zero-order valence-corrected chi connectivity index (χ0v) is 47.0. The summed E-state index contributed by atoms with van der Waals surface area (Å²) in [6, 6.07) is 10.2. The number of benzene rings is 2. The Morgan fingerprint density at radius 2 is 0.921 bits per heavy atom. The van der Waals surface area contributed by atoms with Crippen molar-refractivity contribution < 1.29 is 38.4 Å². The number of amides is 8. The molecular weight excluding hydrogens is 1000 g/mol. The number of nitrogens with zero attached hydrogens (tertiary/aromatic N) is 4. The second kappa shape index (κ2) is 22.7. The number of likely N-dealkylation sites (N-methyl/N-ethyl adjacent to an activating group) is 2. The Morgan fingerprint density at radius 1 is 0.553 bits per heavy atom. The third-order valence-corrected chi connectivity index (χ3v) is 20.0. The number of hydrogen-bond acceptors (Lipinski definition) is 12. The van der Waals surface area contributed by atoms with E-state index in [-0.39, 0.29) is 84.2 Å². The molecule has 7 aliphatic rings. The van der Waals surface area contributed by atoms with Gasteiger partial charge in [-0.25, -0.2) is 0 Å². The molecule has 0 spiro atoms. The van der Waals surface area contributed by atoms with Crippen molar-refractivity contribution in [2.75, 3.05) is 51.8 Å². The lowest BCUT2D eigenvalue weighted by molar-refractivity contribution is -0.148. The molecule has 6 N–H and O–H groups in total. The molecule has 0 radical (unpaired) electrons. The maximum absolute atomic E-state index is 15.0. The Bertz CT molecular complexity index is 2420. The second-order valence-electron chi connectivity index (χ2n) is 23.4. The summed E-state index contributed by atoms with van der Waals surface area (Å²) in [5.74, 6) is -1.89. The molecule has 0 aromatic heterocycles. The Labute approximate surface area is 455 Å². The fourth-order valence-corrected chi connectivity index (χ4v) is 16.2. The van der Waals surface area contributed by atoms with Gasteiger partial charge in [0, 0.05) is 26.2 Å². The molecule has 5 heterocycles. The molecule has 2 aromatic carbocycles. The molecular formula is C56H78N10O8S2. The molecule has 5 fully saturated rings. The highest BCUT2D eigenvalue weighted by molar-refractivity contribution is 8.00. The number of hydrogen-bond donors (Lipinski definition) is 6. The topological polar surface area (TPSA) is 222 Å². The van der Waals surface area contributed by atoms with Crippen LogP contribution in [-0.4, -0.2) is 166 Å². The molecule has 2 aliphatic carbocycles. The minimum absolute atomic E-state index is 0.105. The van der Waals surface area contributed by atoms with Crippen LogP contribution in [0.2, 0.25) is 0 Å². The van der Waals surface area contributed by atoms with Gasteiger partial charge < -0.3 is 51.5 Å². The van der Waals surface area contributed by atoms with E-state index in [1.165, 1.54) is 0 Å². The molecule has 76 heavy (non-hydrogen) atoms. The van der Waals surface area contributed by atoms with Crippen LogP contribution in [0.5, 0.6) is 0 Å². The molecule has 5 aliphatic heterocycles. The zero-order chi connectivity index (χ0) is 54.4. The van der Waals surface area contributed by atoms with Crippen LogP contribution in [-0.2, 0) is 51.2 Å². The van der Waals surface area contributed by atoms with Crippen LogP contribution in [0.15, 0.2) is 48.5 Å². The monoisotopic (exact) mass is 1080 g/mol. The number of carbonyl (C=O) groups excluding carboxylic acids is 8. The van der Waals surface area contributed by atoms with Crippen molar-refractivity contribution >= 4 is 70.8 Å². The van der Waals surface area contributed by atoms with Gasteiger partial charge in [-0.2, -0.15) is 0 Å². The number of carbonyl (C=O) groups is 8. The van der Waals surface area contributed by atoms with Gasteiger partial charge in [0.05, 0.1) is 46.8 Å². The van der Waals surface area contributed by atoms with Gasteiger partial charge in [0.2, 0.25) is 47.3 Å². The SMILES string of the molecule is CN[C@@H](C)C(=O)N[C@H]1CCS[C@H]2CC(C)(C)[C@@H](C(=O)N[C@H]3c4ccccc4CC[C@H]3C(=O)N3CCN(C(=O)[C@@H]4CCc5ccccc5[C@@H]4NC(=O)[C@H]4N5C(=O)[C@@H](NC(=O)[C@H](C)NC)CCS[C@H]5CC4(C)C)CC3)N2C1=O. The first kappa shape index (κ1) is 55.6. The first-order valence-electron chi connectivity index (χ1n) is 27.4. The molecule has 20 heteroatoms. The lowest BCUT2D eigenvalue weighted by atomic mass is 9.77. The van der Waals surface area contributed by atoms with E-state index in [1.807, 2.05) is 86.0 Å². The molecule has 0 unspecified atom stereocenters. The number of piperazine rings is 1. The average molecular weight is 1080 g/mol. The van der Waals surface area contributed by atoms with Crippen molar-refractivity contribution in [3.63, 3.8) is 0 Å². The van der Waals surface area contributed by atoms with Crippen LogP contribution in [0.4, 0.5) is 0 Å². The summed E-state index contributed by atoms with van der Waals surface area (Å²) < 4.78 is 0. The van der Waals surface area contributed by atoms with Gasteiger partial charge >= 0.3 is 0 Å². The van der Waals surface area contributed by atoms with E-state index in [0.717, 1.165) is 22.3 Å². The van der Waals surface area contributed by atoms with Crippen LogP contribution in [0.3, 0.4) is 0 Å². The van der Waals surface area contributed by atoms with Gasteiger partial charge in [-0.1, -0.05) is 76.2 Å². The molecule has 5 saturated heterocycles. The number of rotatable bonds is 12. The molecule has 0 bridgehead atoms. The first-order valence-corrected chi connectivity index (χ1v) is 29.5. The van der Waals surface area contributed by atoms with Gasteiger partial charge in [-0.15, -0.1) is 23.5 Å². The summed E-state index contributed by atoms with van der Waals surface area (Å²) in [6.07, 6.45) is 4.39. The number of nitrogens with one attached hydrogen (secondary N) is 6. The van der Waals surface area contributed by atoms with Gasteiger partial charge in [0.1, 0.15) is 24.2 Å². The highest BCUT2D eigenvalue weighted by Crippen LogP contribution is 2.49. The van der Waals surface area contributed by atoms with Crippen LogP contribution in [0.1, 0.15) is 114 Å². The van der Waals surface area contributed by atoms with Gasteiger partial charge in [-0.05, 0) is 124 Å². The van der Waals surface area contributed by atoms with E-state index >= 15 is 0 Å². The van der Waals surface area contributed by atoms with E-state index in [1.54, 1.807) is 61.3 Å². The smallest absolute Gasteiger partial charge is 0.246 e. The Balaban J connectivity index is 0.897. The summed E-state index contributed by atoms with van der Waals surface area (Å²) in [7, 11) is 3.38. The first-order chi connectivity index (χ1) is 36.2. The highest BCUT2D eigenvalue weighted by Gasteiger charge is 2.57. The second-order valence-corrected chi connectivity index (χ2v) is 25.9. The Hall–Kier alpha value is -5.18. The van der Waals surface area contributed by atoms with E-state index in [0.29, 0.717) is 62.9 Å². The molecule has 12 atom stereocenters. The van der Waals surface area contributed by atoms with E-state index < -0.39 is 71.0 Å². The van der Waals surface area contributed by atoms with E-state index in [4.69, 9.17) is 0 Å². The zero-order valence-electron chi connectivity index (χ0n) is 45.3. The van der Waals surface area contributed by atoms with Crippen LogP contribution in [0, 0.1) is 22.7 Å². The van der Waals surface area contributed by atoms with Crippen molar-refractivity contribution in [2.45, 2.75) is 152 Å². The summed E-state index contributed by atoms with van der Waals surface area (Å²) >= 11 is 3.27. The van der Waals surface area contributed by atoms with Gasteiger partial charge in [0.15, 0.2) is 0 Å². The van der Waals surface area contributed by atoms with Gasteiger partial charge in [0.25, 0.3) is 0 Å². The van der Waals surface area contributed by atoms with Crippen LogP contribution < -0.4 is 31.9 Å². The third kappa shape index (κ3) is 10.8. The molecule has 18 nitrogen and oxygen atoms in total. The standard InChI is InChI=1S/C56H78N10O8S2/c1-31(57-7)47(67)59-39-21-27-75-41-29-55(3,4)45(65(41)53(39)73)49(69)61-43-35-15-11-9-13-33(35)17-19-37(43)51(71)63-23-25-64(26-24-63)52(72)38-20-18-34-14-10-12-16-36(34)44(38)62-50(70)46-56(5,6)30-42-66(46)54(74)40(22-28-76-42)60-48(68)32(2)58-8/h9-16,31-32,37-46,57-58H,17-30H2,1-8H3,(H,59,67)(H,60,68)(H,61,69)(H,62,70)/t31-,32-,37+,38+,39-,40-,41-,42-,43-,44-,45+,46+/m0/s1. The van der Waals surface area contributed by atoms with Crippen molar-refractivity contribution in [2.24, 2.45) is 22.7 Å². The average Bonchev–Trinajstić information content (AvgIpc) is 3.73. The largest absolute Gasteiger partial charge is 0.347 e. The number of fused-ring (bicyclic) bond motifs is 4. The lowest BCUT2D eigenvalue weighted by Gasteiger charge is -2.43. The summed E-state index contributed by atoms with van der Waals surface area (Å²) in [4.78, 5) is 122. The molecule has 8 amide bonds. The third-order valence-electron chi connectivity index (χ3n) is 17.5. The van der Waals surface area contributed by atoms with E-state index in [9.17, 15) is 38.4 Å². The Morgan fingerprint density at radius 3 is 1.29 bits per heavy atom. The summed E-state index contributed by atoms with van der Waals surface area (Å²) in [5, 5.41) is 17.9. The van der Waals surface area contributed by atoms with Crippen molar-refractivity contribution in [3.05, 3.63) is 70.8 Å². The Kier molecular flexibility index (Phi) is 16.6. The highest BCUT2D eigenvalue weighted by atomic mass is 32.2. The van der Waals surface area contributed by atoms with Crippen molar-refractivity contribution in [3.8, 4) is 0 Å². The quantitative estimate of drug-likeness (QED) is 0.181. The molecule has 412 valence electrons. The van der Waals surface area contributed by atoms with Crippen molar-refractivity contribution in [1.82, 2.24) is 51.5 Å². The van der Waals surface area contributed by atoms with Gasteiger partial charge in [-0.3, -0.25) is 38.4 Å².